The van der Waals surface area contributed by atoms with Crippen LogP contribution >= 0.6 is 0 Å². The average Bonchev–Trinajstić information content (AvgIpc) is 3.00. The van der Waals surface area contributed by atoms with Crippen LogP contribution in [0.3, 0.4) is 0 Å². The summed E-state index contributed by atoms with van der Waals surface area (Å²) >= 11 is 0. The molecule has 0 aromatic carbocycles. The summed E-state index contributed by atoms with van der Waals surface area (Å²) in [7, 11) is 6.80. The molecular weight excluding hydrogens is 580 g/mol. The zero-order valence-electron chi connectivity index (χ0n) is 29.7. The van der Waals surface area contributed by atoms with E-state index in [1.165, 1.54) is 48.3 Å². The summed E-state index contributed by atoms with van der Waals surface area (Å²) in [6.45, 7) is 9.80. The van der Waals surface area contributed by atoms with Crippen molar-refractivity contribution in [3.63, 3.8) is 0 Å². The Morgan fingerprint density at radius 2 is 1.00 bits per heavy atom. The maximum atomic E-state index is 12.0. The zero-order valence-corrected chi connectivity index (χ0v) is 29.7. The van der Waals surface area contributed by atoms with Crippen LogP contribution in [0.4, 0.5) is 9.59 Å². The van der Waals surface area contributed by atoms with Crippen LogP contribution in [-0.2, 0) is 9.47 Å². The fraction of sp³-hybridized carbons (Fsp3) is 0.667. The smallest absolute Gasteiger partial charge is 0.409 e. The number of hydrogen-bond donors (Lipinski definition) is 2. The third-order valence-electron chi connectivity index (χ3n) is 8.20. The van der Waals surface area contributed by atoms with Gasteiger partial charge in [-0.05, 0) is 76.9 Å². The van der Waals surface area contributed by atoms with Crippen molar-refractivity contribution >= 4 is 12.2 Å². The molecule has 46 heavy (non-hydrogen) atoms. The molecule has 0 saturated heterocycles. The molecule has 0 bridgehead atoms. The van der Waals surface area contributed by atoms with Crippen LogP contribution in [0.25, 0.3) is 0 Å². The van der Waals surface area contributed by atoms with Crippen LogP contribution in [0, 0.1) is 13.8 Å². The van der Waals surface area contributed by atoms with Crippen molar-refractivity contribution in [3.05, 3.63) is 59.2 Å². The van der Waals surface area contributed by atoms with E-state index in [0.717, 1.165) is 48.4 Å². The molecule has 0 spiro atoms. The summed E-state index contributed by atoms with van der Waals surface area (Å²) in [6.07, 6.45) is 13.6. The lowest BCUT2D eigenvalue weighted by molar-refractivity contribution is 0.0727. The maximum absolute atomic E-state index is 12.0. The van der Waals surface area contributed by atoms with Crippen LogP contribution in [0.5, 0.6) is 0 Å². The molecule has 0 aliphatic carbocycles. The van der Waals surface area contributed by atoms with Gasteiger partial charge in [0.2, 0.25) is 0 Å². The Morgan fingerprint density at radius 3 is 1.33 bits per heavy atom. The van der Waals surface area contributed by atoms with E-state index >= 15 is 0 Å². The number of unbranched alkanes of at least 4 members (excludes halogenated alkanes) is 7. The number of amides is 2. The Kier molecular flexibility index (Phi) is 18.2. The van der Waals surface area contributed by atoms with E-state index in [2.05, 4.69) is 32.7 Å². The number of carbonyl (C=O) groups excluding carboxylic acids is 2. The van der Waals surface area contributed by atoms with Crippen molar-refractivity contribution in [3.8, 4) is 0 Å². The number of ether oxygens (including phenoxy) is 2. The Morgan fingerprint density at radius 1 is 0.652 bits per heavy atom. The fourth-order valence-electron chi connectivity index (χ4n) is 5.55. The summed E-state index contributed by atoms with van der Waals surface area (Å²) in [6, 6.07) is 8.33. The third kappa shape index (κ3) is 14.9. The Bertz CT molecular complexity index is 1070. The number of hydrogen-bond acceptors (Lipinski definition) is 8. The van der Waals surface area contributed by atoms with Gasteiger partial charge in [-0.3, -0.25) is 9.97 Å². The fourth-order valence-corrected chi connectivity index (χ4v) is 5.55. The van der Waals surface area contributed by atoms with Crippen molar-refractivity contribution in [2.24, 2.45) is 0 Å². The lowest BCUT2D eigenvalue weighted by Gasteiger charge is -2.25. The van der Waals surface area contributed by atoms with Crippen molar-refractivity contribution in [2.75, 3.05) is 41.3 Å². The zero-order chi connectivity index (χ0) is 33.9. The van der Waals surface area contributed by atoms with Crippen LogP contribution in [0.1, 0.15) is 113 Å². The van der Waals surface area contributed by atoms with E-state index in [0.29, 0.717) is 12.8 Å². The number of aromatic nitrogens is 2. The van der Waals surface area contributed by atoms with Crippen LogP contribution in [0.15, 0.2) is 36.7 Å². The molecule has 2 aromatic heterocycles. The van der Waals surface area contributed by atoms with Crippen molar-refractivity contribution in [1.82, 2.24) is 30.4 Å². The van der Waals surface area contributed by atoms with Gasteiger partial charge in [0, 0.05) is 76.9 Å². The molecule has 2 N–H and O–H groups in total. The minimum atomic E-state index is -0.316. The van der Waals surface area contributed by atoms with Crippen LogP contribution in [-0.4, -0.2) is 85.4 Å². The first-order chi connectivity index (χ1) is 22.0. The van der Waals surface area contributed by atoms with Crippen molar-refractivity contribution < 1.29 is 19.1 Å². The van der Waals surface area contributed by atoms with Crippen LogP contribution < -0.4 is 10.6 Å². The molecule has 0 aliphatic heterocycles. The van der Waals surface area contributed by atoms with Gasteiger partial charge in [0.1, 0.15) is 12.2 Å². The summed E-state index contributed by atoms with van der Waals surface area (Å²) in [5.41, 5.74) is 4.33. The molecule has 2 heterocycles. The first kappa shape index (κ1) is 38.9. The Hall–Kier alpha value is -3.24. The second-order valence-electron chi connectivity index (χ2n) is 12.8. The van der Waals surface area contributed by atoms with Gasteiger partial charge in [0.05, 0.1) is 0 Å². The monoisotopic (exact) mass is 640 g/mol. The summed E-state index contributed by atoms with van der Waals surface area (Å²) in [5, 5.41) is 7.41. The highest BCUT2D eigenvalue weighted by molar-refractivity contribution is 5.67. The summed E-state index contributed by atoms with van der Waals surface area (Å²) in [5.74, 6) is 0. The SMILES string of the molecule is Cc1ncccc1C(CC(C)OC(=O)N(C)C)NCCCCCCCCCCNC(CC(C)OC(=O)N(C)C)c1cccnc1C. The van der Waals surface area contributed by atoms with E-state index in [-0.39, 0.29) is 36.5 Å². The van der Waals surface area contributed by atoms with Crippen LogP contribution in [0.2, 0.25) is 0 Å². The van der Waals surface area contributed by atoms with Gasteiger partial charge >= 0.3 is 12.2 Å². The predicted molar refractivity (Wildman–Crippen MR) is 185 cm³/mol. The molecule has 4 atom stereocenters. The number of pyridine rings is 2. The molecule has 10 nitrogen and oxygen atoms in total. The van der Waals surface area contributed by atoms with E-state index in [4.69, 9.17) is 9.47 Å². The number of carbonyl (C=O) groups is 2. The molecule has 0 aliphatic rings. The lowest BCUT2D eigenvalue weighted by Crippen LogP contribution is -2.31. The molecule has 10 heteroatoms. The normalized spacial score (nSPS) is 13.8. The molecule has 2 amide bonds. The Balaban J connectivity index is 1.66. The minimum absolute atomic E-state index is 0.0882. The second-order valence-corrected chi connectivity index (χ2v) is 12.8. The summed E-state index contributed by atoms with van der Waals surface area (Å²) in [4.78, 5) is 35.9. The number of rotatable bonds is 21. The molecule has 4 unspecified atom stereocenters. The Labute approximate surface area is 278 Å². The highest BCUT2D eigenvalue weighted by atomic mass is 16.6. The lowest BCUT2D eigenvalue weighted by atomic mass is 9.99. The largest absolute Gasteiger partial charge is 0.446 e. The topological polar surface area (TPSA) is 109 Å². The van der Waals surface area contributed by atoms with Gasteiger partial charge in [-0.25, -0.2) is 9.59 Å². The van der Waals surface area contributed by atoms with E-state index in [9.17, 15) is 9.59 Å². The quantitative estimate of drug-likeness (QED) is 0.139. The molecule has 0 fully saturated rings. The first-order valence-electron chi connectivity index (χ1n) is 17.0. The van der Waals surface area contributed by atoms with E-state index in [1.807, 2.05) is 52.2 Å². The van der Waals surface area contributed by atoms with Gasteiger partial charge < -0.3 is 29.9 Å². The predicted octanol–water partition coefficient (Wildman–Crippen LogP) is 7.13. The average molecular weight is 641 g/mol. The van der Waals surface area contributed by atoms with Gasteiger partial charge in [0.25, 0.3) is 0 Å². The highest BCUT2D eigenvalue weighted by Gasteiger charge is 2.21. The highest BCUT2D eigenvalue weighted by Crippen LogP contribution is 2.24. The molecule has 2 aromatic rings. The molecule has 2 rings (SSSR count). The van der Waals surface area contributed by atoms with E-state index in [1.54, 1.807) is 28.2 Å². The van der Waals surface area contributed by atoms with Gasteiger partial charge in [-0.1, -0.05) is 50.7 Å². The summed E-state index contributed by atoms with van der Waals surface area (Å²) < 4.78 is 11.2. The van der Waals surface area contributed by atoms with Gasteiger partial charge in [0.15, 0.2) is 0 Å². The molecule has 0 radical (unpaired) electrons. The number of aryl methyl sites for hydroxylation is 2. The maximum Gasteiger partial charge on any atom is 0.409 e. The molecule has 258 valence electrons. The van der Waals surface area contributed by atoms with Crippen molar-refractivity contribution in [1.29, 1.82) is 0 Å². The first-order valence-corrected chi connectivity index (χ1v) is 17.0. The van der Waals surface area contributed by atoms with Gasteiger partial charge in [-0.2, -0.15) is 0 Å². The minimum Gasteiger partial charge on any atom is -0.446 e. The molecule has 0 saturated carbocycles. The second kappa shape index (κ2) is 21.5. The number of nitrogens with one attached hydrogen (secondary N) is 2. The molecular formula is C36H60N6O4. The van der Waals surface area contributed by atoms with Gasteiger partial charge in [-0.15, -0.1) is 0 Å². The van der Waals surface area contributed by atoms with Crippen molar-refractivity contribution in [2.45, 2.75) is 116 Å². The number of nitrogens with zero attached hydrogens (tertiary/aromatic N) is 4. The van der Waals surface area contributed by atoms with E-state index < -0.39 is 0 Å². The standard InChI is InChI=1S/C36H60N6O4/c1-27(45-35(43)41(5)6)25-33(31-19-17-23-37-29(31)3)39-21-15-13-11-9-10-12-14-16-22-40-34(32-20-18-24-38-30(32)4)26-28(2)46-36(44)42(7)8/h17-20,23-24,27-28,33-34,39-40H,9-16,21-22,25-26H2,1-8H3. The third-order valence-corrected chi connectivity index (χ3v) is 8.20.